The van der Waals surface area contributed by atoms with Gasteiger partial charge in [0.2, 0.25) is 0 Å². The summed E-state index contributed by atoms with van der Waals surface area (Å²) >= 11 is 3.48. The Morgan fingerprint density at radius 1 is 1.26 bits per heavy atom. The Hall–Kier alpha value is -1.39. The summed E-state index contributed by atoms with van der Waals surface area (Å²) in [6.45, 7) is 0. The van der Waals surface area contributed by atoms with Crippen molar-refractivity contribution in [2.75, 3.05) is 5.73 Å². The first-order valence-electron chi connectivity index (χ1n) is 6.29. The van der Waals surface area contributed by atoms with Gasteiger partial charge in [0.25, 0.3) is 0 Å². The Bertz CT molecular complexity index is 629. The molecular formula is C15H15BrN2O. The van der Waals surface area contributed by atoms with Crippen LogP contribution in [0.1, 0.15) is 23.1 Å². The molecule has 0 spiro atoms. The minimum Gasteiger partial charge on any atom is -0.385 e. The maximum Gasteiger partial charge on any atom is 0.129 e. The largest absolute Gasteiger partial charge is 0.385 e. The smallest absolute Gasteiger partial charge is 0.129 e. The van der Waals surface area contributed by atoms with E-state index >= 15 is 0 Å². The molecule has 3 N–H and O–H groups in total. The lowest BCUT2D eigenvalue weighted by atomic mass is 9.76. The molecule has 3 rings (SSSR count). The molecule has 1 unspecified atom stereocenters. The Morgan fingerprint density at radius 2 is 2.11 bits per heavy atom. The van der Waals surface area contributed by atoms with E-state index in [2.05, 4.69) is 33.0 Å². The summed E-state index contributed by atoms with van der Waals surface area (Å²) in [5.74, 6) is 0.422. The molecule has 1 aliphatic carbocycles. The van der Waals surface area contributed by atoms with Crippen molar-refractivity contribution in [3.63, 3.8) is 0 Å². The molecule has 0 amide bonds. The third kappa shape index (κ3) is 2.26. The van der Waals surface area contributed by atoms with E-state index in [4.69, 9.17) is 5.73 Å². The molecule has 0 saturated carbocycles. The lowest BCUT2D eigenvalue weighted by Crippen LogP contribution is -2.34. The molecule has 1 heterocycles. The fourth-order valence-corrected chi connectivity index (χ4v) is 3.19. The SMILES string of the molecule is Nc1ncccc1C1(O)CCc2cc(Br)ccc2C1. The Kier molecular flexibility index (Phi) is 3.07. The monoisotopic (exact) mass is 318 g/mol. The maximum atomic E-state index is 10.9. The van der Waals surface area contributed by atoms with Gasteiger partial charge in [-0.05, 0) is 42.2 Å². The number of nitrogen functional groups attached to an aromatic ring is 1. The molecule has 1 aliphatic rings. The minimum atomic E-state index is -0.904. The third-order valence-corrected chi connectivity index (χ3v) is 4.29. The van der Waals surface area contributed by atoms with Crippen LogP contribution in [0.15, 0.2) is 41.0 Å². The number of halogens is 1. The highest BCUT2D eigenvalue weighted by molar-refractivity contribution is 9.10. The zero-order chi connectivity index (χ0) is 13.5. The molecule has 0 aliphatic heterocycles. The van der Waals surface area contributed by atoms with Crippen molar-refractivity contribution in [1.82, 2.24) is 4.98 Å². The summed E-state index contributed by atoms with van der Waals surface area (Å²) in [4.78, 5) is 4.08. The topological polar surface area (TPSA) is 59.1 Å². The highest BCUT2D eigenvalue weighted by atomic mass is 79.9. The predicted octanol–water partition coefficient (Wildman–Crippen LogP) is 2.80. The van der Waals surface area contributed by atoms with Crippen molar-refractivity contribution in [3.05, 3.63) is 57.7 Å². The molecule has 0 radical (unpaired) electrons. The molecule has 0 bridgehead atoms. The van der Waals surface area contributed by atoms with Gasteiger partial charge in [0.1, 0.15) is 5.82 Å². The van der Waals surface area contributed by atoms with Gasteiger partial charge in [-0.1, -0.05) is 28.1 Å². The van der Waals surface area contributed by atoms with E-state index in [9.17, 15) is 5.11 Å². The number of rotatable bonds is 1. The first kappa shape index (κ1) is 12.6. The fraction of sp³-hybridized carbons (Fsp3) is 0.267. The summed E-state index contributed by atoms with van der Waals surface area (Å²) in [5, 5.41) is 10.9. The quantitative estimate of drug-likeness (QED) is 0.850. The van der Waals surface area contributed by atoms with Crippen LogP contribution in [0.5, 0.6) is 0 Å². The number of hydrogen-bond acceptors (Lipinski definition) is 3. The van der Waals surface area contributed by atoms with Crippen LogP contribution in [0.3, 0.4) is 0 Å². The van der Waals surface area contributed by atoms with Crippen molar-refractivity contribution >= 4 is 21.7 Å². The first-order valence-corrected chi connectivity index (χ1v) is 7.08. The predicted molar refractivity (Wildman–Crippen MR) is 78.7 cm³/mol. The second kappa shape index (κ2) is 4.62. The van der Waals surface area contributed by atoms with Crippen LogP contribution < -0.4 is 5.73 Å². The van der Waals surface area contributed by atoms with Crippen LogP contribution in [0.4, 0.5) is 5.82 Å². The number of hydrogen-bond donors (Lipinski definition) is 2. The standard InChI is InChI=1S/C15H15BrN2O/c16-12-4-3-11-9-15(19,6-5-10(11)8-12)13-2-1-7-18-14(13)17/h1-4,7-8,19H,5-6,9H2,(H2,17,18). The fourth-order valence-electron chi connectivity index (χ4n) is 2.79. The Balaban J connectivity index is 2.01. The number of aryl methyl sites for hydroxylation is 1. The molecule has 4 heteroatoms. The molecule has 1 aromatic heterocycles. The van der Waals surface area contributed by atoms with Crippen molar-refractivity contribution < 1.29 is 5.11 Å². The second-order valence-electron chi connectivity index (χ2n) is 5.06. The summed E-state index contributed by atoms with van der Waals surface area (Å²) in [6.07, 6.45) is 3.76. The van der Waals surface area contributed by atoms with Gasteiger partial charge in [0.15, 0.2) is 0 Å². The number of pyridine rings is 1. The van der Waals surface area contributed by atoms with Gasteiger partial charge in [0, 0.05) is 22.7 Å². The average Bonchev–Trinajstić information content (AvgIpc) is 2.40. The molecule has 2 aromatic rings. The van der Waals surface area contributed by atoms with Gasteiger partial charge in [0.05, 0.1) is 5.60 Å². The van der Waals surface area contributed by atoms with Crippen molar-refractivity contribution in [2.45, 2.75) is 24.9 Å². The highest BCUT2D eigenvalue weighted by Gasteiger charge is 2.35. The molecular weight excluding hydrogens is 304 g/mol. The maximum absolute atomic E-state index is 10.9. The summed E-state index contributed by atoms with van der Waals surface area (Å²) in [6, 6.07) is 9.89. The van der Waals surface area contributed by atoms with Gasteiger partial charge in [-0.2, -0.15) is 0 Å². The Labute approximate surface area is 120 Å². The third-order valence-electron chi connectivity index (χ3n) is 3.80. The van der Waals surface area contributed by atoms with Crippen LogP contribution in [-0.2, 0) is 18.4 Å². The lowest BCUT2D eigenvalue weighted by molar-refractivity contribution is 0.0227. The zero-order valence-electron chi connectivity index (χ0n) is 10.4. The summed E-state index contributed by atoms with van der Waals surface area (Å²) in [7, 11) is 0. The molecule has 1 atom stereocenters. The highest BCUT2D eigenvalue weighted by Crippen LogP contribution is 2.38. The van der Waals surface area contributed by atoms with Gasteiger partial charge >= 0.3 is 0 Å². The molecule has 98 valence electrons. The molecule has 1 aromatic carbocycles. The number of benzene rings is 1. The second-order valence-corrected chi connectivity index (χ2v) is 5.97. The molecule has 3 nitrogen and oxygen atoms in total. The van der Waals surface area contributed by atoms with Crippen molar-refractivity contribution in [2.24, 2.45) is 0 Å². The van der Waals surface area contributed by atoms with E-state index in [-0.39, 0.29) is 0 Å². The number of aliphatic hydroxyl groups is 1. The number of nitrogens with zero attached hydrogens (tertiary/aromatic N) is 1. The van der Waals surface area contributed by atoms with E-state index in [1.807, 2.05) is 18.2 Å². The first-order chi connectivity index (χ1) is 9.08. The number of aromatic nitrogens is 1. The van der Waals surface area contributed by atoms with Gasteiger partial charge in [-0.15, -0.1) is 0 Å². The van der Waals surface area contributed by atoms with Crippen molar-refractivity contribution in [3.8, 4) is 0 Å². The van der Waals surface area contributed by atoms with Gasteiger partial charge in [-0.25, -0.2) is 4.98 Å². The van der Waals surface area contributed by atoms with Crippen LogP contribution in [-0.4, -0.2) is 10.1 Å². The van der Waals surface area contributed by atoms with E-state index in [1.54, 1.807) is 6.20 Å². The summed E-state index contributed by atoms with van der Waals surface area (Å²) in [5.41, 5.74) is 8.21. The van der Waals surface area contributed by atoms with Crippen LogP contribution >= 0.6 is 15.9 Å². The normalized spacial score (nSPS) is 22.0. The average molecular weight is 319 g/mol. The van der Waals surface area contributed by atoms with Crippen LogP contribution in [0.2, 0.25) is 0 Å². The summed E-state index contributed by atoms with van der Waals surface area (Å²) < 4.78 is 1.08. The lowest BCUT2D eigenvalue weighted by Gasteiger charge is -2.34. The molecule has 19 heavy (non-hydrogen) atoms. The van der Waals surface area contributed by atoms with Gasteiger partial charge < -0.3 is 10.8 Å². The van der Waals surface area contributed by atoms with E-state index in [0.29, 0.717) is 18.7 Å². The number of nitrogens with two attached hydrogens (primary N) is 1. The molecule has 0 saturated heterocycles. The number of fused-ring (bicyclic) bond motifs is 1. The van der Waals surface area contributed by atoms with Gasteiger partial charge in [-0.3, -0.25) is 0 Å². The van der Waals surface area contributed by atoms with E-state index in [0.717, 1.165) is 16.5 Å². The number of anilines is 1. The van der Waals surface area contributed by atoms with Crippen LogP contribution in [0.25, 0.3) is 0 Å². The van der Waals surface area contributed by atoms with E-state index in [1.165, 1.54) is 11.1 Å². The zero-order valence-corrected chi connectivity index (χ0v) is 12.0. The molecule has 0 fully saturated rings. The van der Waals surface area contributed by atoms with Crippen LogP contribution in [0, 0.1) is 0 Å². The van der Waals surface area contributed by atoms with Crippen molar-refractivity contribution in [1.29, 1.82) is 0 Å². The minimum absolute atomic E-state index is 0.422. The Morgan fingerprint density at radius 3 is 2.89 bits per heavy atom. The van der Waals surface area contributed by atoms with E-state index < -0.39 is 5.60 Å².